The van der Waals surface area contributed by atoms with Crippen LogP contribution in [0.3, 0.4) is 0 Å². The molecule has 2 aliphatic rings. The fourth-order valence-electron chi connectivity index (χ4n) is 5.39. The lowest BCUT2D eigenvalue weighted by atomic mass is 9.79. The van der Waals surface area contributed by atoms with Crippen LogP contribution in [0.1, 0.15) is 68.6 Å². The summed E-state index contributed by atoms with van der Waals surface area (Å²) in [6, 6.07) is 7.55. The van der Waals surface area contributed by atoms with Crippen molar-refractivity contribution in [3.8, 4) is 0 Å². The standard InChI is InChI=1S/C24H28N2O4/c1-23(2)12-15(27)13-24(3,4)26(23)20(28)14-30-22(29)21-16-8-5-6-10-18(16)25-19-11-7-9-17(19)21/h5-6,8,10H,7,9,11-14H2,1-4H3. The minimum absolute atomic E-state index is 0.143. The third-order valence-corrected chi connectivity index (χ3v) is 6.17. The van der Waals surface area contributed by atoms with Gasteiger partial charge in [0.1, 0.15) is 5.78 Å². The Labute approximate surface area is 176 Å². The second-order valence-electron chi connectivity index (χ2n) is 9.61. The maximum absolute atomic E-state index is 13.1. The molecule has 2 aromatic rings. The summed E-state index contributed by atoms with van der Waals surface area (Å²) in [5.74, 6) is -0.616. The highest BCUT2D eigenvalue weighted by Gasteiger charge is 2.47. The number of nitrogens with zero attached hydrogens (tertiary/aromatic N) is 2. The summed E-state index contributed by atoms with van der Waals surface area (Å²) >= 11 is 0. The van der Waals surface area contributed by atoms with E-state index in [1.807, 2.05) is 52.0 Å². The van der Waals surface area contributed by atoms with Gasteiger partial charge in [-0.1, -0.05) is 18.2 Å². The first-order chi connectivity index (χ1) is 14.1. The predicted octanol–water partition coefficient (Wildman–Crippen LogP) is 3.63. The normalized spacial score (nSPS) is 19.6. The van der Waals surface area contributed by atoms with E-state index in [4.69, 9.17) is 9.72 Å². The molecule has 30 heavy (non-hydrogen) atoms. The molecule has 0 unspecified atom stereocenters. The Morgan fingerprint density at radius 2 is 1.73 bits per heavy atom. The van der Waals surface area contributed by atoms with Gasteiger partial charge >= 0.3 is 5.97 Å². The van der Waals surface area contributed by atoms with Crippen LogP contribution >= 0.6 is 0 Å². The van der Waals surface area contributed by atoms with Gasteiger partial charge in [0.15, 0.2) is 6.61 Å². The van der Waals surface area contributed by atoms with E-state index in [-0.39, 0.29) is 18.3 Å². The zero-order valence-electron chi connectivity index (χ0n) is 18.1. The van der Waals surface area contributed by atoms with Crippen LogP contribution in [0.2, 0.25) is 0 Å². The molecule has 4 rings (SSSR count). The molecule has 1 aliphatic carbocycles. The molecule has 0 N–H and O–H groups in total. The van der Waals surface area contributed by atoms with Gasteiger partial charge in [-0.25, -0.2) is 4.79 Å². The Balaban J connectivity index is 1.59. The van der Waals surface area contributed by atoms with E-state index in [9.17, 15) is 14.4 Å². The molecule has 0 bridgehead atoms. The van der Waals surface area contributed by atoms with Crippen LogP contribution in [-0.2, 0) is 27.2 Å². The minimum atomic E-state index is -0.618. The third-order valence-electron chi connectivity index (χ3n) is 6.17. The van der Waals surface area contributed by atoms with Crippen LogP contribution in [0.4, 0.5) is 0 Å². The van der Waals surface area contributed by atoms with Crippen LogP contribution in [-0.4, -0.2) is 45.2 Å². The number of esters is 1. The first-order valence-corrected chi connectivity index (χ1v) is 10.5. The summed E-state index contributed by atoms with van der Waals surface area (Å²) in [6.07, 6.45) is 3.21. The number of pyridine rings is 1. The molecule has 6 nitrogen and oxygen atoms in total. The monoisotopic (exact) mass is 408 g/mol. The number of hydrogen-bond donors (Lipinski definition) is 0. The Morgan fingerprint density at radius 1 is 1.07 bits per heavy atom. The summed E-state index contributed by atoms with van der Waals surface area (Å²) < 4.78 is 5.55. The van der Waals surface area contributed by atoms with Gasteiger partial charge in [-0.2, -0.15) is 0 Å². The molecular formula is C24H28N2O4. The molecule has 0 spiro atoms. The number of hydrogen-bond acceptors (Lipinski definition) is 5. The van der Waals surface area contributed by atoms with E-state index in [0.717, 1.165) is 41.4 Å². The number of para-hydroxylation sites is 1. The van der Waals surface area contributed by atoms with Gasteiger partial charge in [0.25, 0.3) is 5.91 Å². The zero-order chi connectivity index (χ0) is 21.7. The molecular weight excluding hydrogens is 380 g/mol. The zero-order valence-corrected chi connectivity index (χ0v) is 18.1. The Kier molecular flexibility index (Phi) is 4.91. The molecule has 1 aromatic carbocycles. The number of benzene rings is 1. The molecule has 158 valence electrons. The first kappa shape index (κ1) is 20.5. The fourth-order valence-corrected chi connectivity index (χ4v) is 5.39. The number of ether oxygens (including phenoxy) is 1. The van der Waals surface area contributed by atoms with Crippen molar-refractivity contribution < 1.29 is 19.1 Å². The van der Waals surface area contributed by atoms with Crippen LogP contribution in [0.5, 0.6) is 0 Å². The lowest BCUT2D eigenvalue weighted by molar-refractivity contribution is -0.156. The first-order valence-electron chi connectivity index (χ1n) is 10.5. The number of ketones is 1. The number of fused-ring (bicyclic) bond motifs is 2. The van der Waals surface area contributed by atoms with Gasteiger partial charge < -0.3 is 9.64 Å². The highest BCUT2D eigenvalue weighted by Crippen LogP contribution is 2.37. The fraction of sp³-hybridized carbons (Fsp3) is 0.500. The highest BCUT2D eigenvalue weighted by atomic mass is 16.5. The molecule has 0 atom stereocenters. The number of likely N-dealkylation sites (tertiary alicyclic amines) is 1. The van der Waals surface area contributed by atoms with Crippen LogP contribution < -0.4 is 0 Å². The number of carbonyl (C=O) groups is 3. The van der Waals surface area contributed by atoms with Crippen LogP contribution in [0.15, 0.2) is 24.3 Å². The molecule has 1 amide bonds. The molecule has 2 heterocycles. The quantitative estimate of drug-likeness (QED) is 0.725. The van der Waals surface area contributed by atoms with Gasteiger partial charge in [0, 0.05) is 35.0 Å². The van der Waals surface area contributed by atoms with Crippen molar-refractivity contribution in [3.63, 3.8) is 0 Å². The van der Waals surface area contributed by atoms with E-state index in [2.05, 4.69) is 0 Å². The van der Waals surface area contributed by atoms with E-state index >= 15 is 0 Å². The van der Waals surface area contributed by atoms with Crippen LogP contribution in [0.25, 0.3) is 10.9 Å². The van der Waals surface area contributed by atoms with Crippen molar-refractivity contribution in [1.82, 2.24) is 9.88 Å². The SMILES string of the molecule is CC1(C)CC(=O)CC(C)(C)N1C(=O)COC(=O)c1c2c(nc3ccccc13)CCC2. The predicted molar refractivity (Wildman–Crippen MR) is 113 cm³/mol. The second-order valence-corrected chi connectivity index (χ2v) is 9.61. The molecule has 1 aromatic heterocycles. The minimum Gasteiger partial charge on any atom is -0.452 e. The van der Waals surface area contributed by atoms with Gasteiger partial charge in [-0.05, 0) is 58.6 Å². The summed E-state index contributed by atoms with van der Waals surface area (Å²) in [6.45, 7) is 7.19. The number of aromatic nitrogens is 1. The Morgan fingerprint density at radius 3 is 2.43 bits per heavy atom. The summed E-state index contributed by atoms with van der Waals surface area (Å²) in [4.78, 5) is 44.7. The summed E-state index contributed by atoms with van der Waals surface area (Å²) in [5.41, 5.74) is 1.96. The molecule has 1 fully saturated rings. The van der Waals surface area contributed by atoms with E-state index in [1.165, 1.54) is 0 Å². The summed E-state index contributed by atoms with van der Waals surface area (Å²) in [7, 11) is 0. The number of rotatable bonds is 3. The van der Waals surface area contributed by atoms with Crippen molar-refractivity contribution in [1.29, 1.82) is 0 Å². The average Bonchev–Trinajstić information content (AvgIpc) is 3.09. The number of amides is 1. The maximum atomic E-state index is 13.1. The lowest BCUT2D eigenvalue weighted by Gasteiger charge is -2.51. The molecule has 1 aliphatic heterocycles. The number of Topliss-reactive ketones (excluding diaryl/α,β-unsaturated/α-hetero) is 1. The van der Waals surface area contributed by atoms with Crippen LogP contribution in [0, 0.1) is 0 Å². The van der Waals surface area contributed by atoms with E-state index in [1.54, 1.807) is 4.90 Å². The molecule has 1 saturated heterocycles. The lowest BCUT2D eigenvalue weighted by Crippen LogP contribution is -2.63. The van der Waals surface area contributed by atoms with Crippen molar-refractivity contribution >= 4 is 28.6 Å². The van der Waals surface area contributed by atoms with Crippen molar-refractivity contribution in [2.75, 3.05) is 6.61 Å². The summed E-state index contributed by atoms with van der Waals surface area (Å²) in [5, 5.41) is 0.764. The maximum Gasteiger partial charge on any atom is 0.339 e. The smallest absolute Gasteiger partial charge is 0.339 e. The van der Waals surface area contributed by atoms with Gasteiger partial charge in [-0.3, -0.25) is 14.6 Å². The second kappa shape index (κ2) is 7.18. The number of aryl methyl sites for hydroxylation is 1. The Hall–Kier alpha value is -2.76. The number of carbonyl (C=O) groups excluding carboxylic acids is 3. The Bertz CT molecular complexity index is 1030. The number of piperidine rings is 1. The molecule has 6 heteroatoms. The van der Waals surface area contributed by atoms with Gasteiger partial charge in [0.05, 0.1) is 11.1 Å². The average molecular weight is 408 g/mol. The van der Waals surface area contributed by atoms with E-state index < -0.39 is 17.0 Å². The van der Waals surface area contributed by atoms with Crippen molar-refractivity contribution in [3.05, 3.63) is 41.1 Å². The third kappa shape index (κ3) is 3.48. The topological polar surface area (TPSA) is 76.6 Å². The van der Waals surface area contributed by atoms with Crippen molar-refractivity contribution in [2.45, 2.75) is 70.9 Å². The largest absolute Gasteiger partial charge is 0.452 e. The van der Waals surface area contributed by atoms with E-state index in [0.29, 0.717) is 18.4 Å². The molecule has 0 saturated carbocycles. The highest BCUT2D eigenvalue weighted by molar-refractivity contribution is 6.05. The van der Waals surface area contributed by atoms with Gasteiger partial charge in [-0.15, -0.1) is 0 Å². The van der Waals surface area contributed by atoms with Gasteiger partial charge in [0.2, 0.25) is 0 Å². The molecule has 0 radical (unpaired) electrons. The van der Waals surface area contributed by atoms with Crippen molar-refractivity contribution in [2.24, 2.45) is 0 Å².